The van der Waals surface area contributed by atoms with Gasteiger partial charge in [0.1, 0.15) is 18.4 Å². The summed E-state index contributed by atoms with van der Waals surface area (Å²) >= 11 is 3.32. The lowest BCUT2D eigenvalue weighted by atomic mass is 10.2. The number of carbonyl (C=O) groups excluding carboxylic acids is 1. The molecule has 132 valence electrons. The van der Waals surface area contributed by atoms with Crippen molar-refractivity contribution in [3.05, 3.63) is 95.2 Å². The molecule has 26 heavy (non-hydrogen) atoms. The summed E-state index contributed by atoms with van der Waals surface area (Å²) < 4.78 is 25.1. The second-order valence-corrected chi connectivity index (χ2v) is 6.86. The molecule has 0 atom stereocenters. The Morgan fingerprint density at radius 2 is 0.923 bits per heavy atom. The van der Waals surface area contributed by atoms with Crippen LogP contribution in [0.4, 0.5) is 8.78 Å². The van der Waals surface area contributed by atoms with Crippen LogP contribution in [-0.4, -0.2) is 6.79 Å². The summed E-state index contributed by atoms with van der Waals surface area (Å²) in [7, 11) is 0. The normalized spacial score (nSPS) is 9.46. The highest BCUT2D eigenvalue weighted by molar-refractivity contribution is 7.13. The van der Waals surface area contributed by atoms with E-state index in [4.69, 9.17) is 4.79 Å². The first-order chi connectivity index (χ1) is 12.7. The van der Waals surface area contributed by atoms with E-state index in [-0.39, 0.29) is 11.6 Å². The zero-order valence-electron chi connectivity index (χ0n) is 13.8. The van der Waals surface area contributed by atoms with Gasteiger partial charge in [0.15, 0.2) is 0 Å². The van der Waals surface area contributed by atoms with E-state index in [1.54, 1.807) is 46.9 Å². The summed E-state index contributed by atoms with van der Waals surface area (Å²) in [4.78, 5) is 10.4. The summed E-state index contributed by atoms with van der Waals surface area (Å²) in [6, 6.07) is 21.1. The Kier molecular flexibility index (Phi) is 7.86. The fourth-order valence-electron chi connectivity index (χ4n) is 2.11. The zero-order chi connectivity index (χ0) is 18.8. The largest absolute Gasteiger partial charge is 0.307 e. The van der Waals surface area contributed by atoms with Crippen LogP contribution in [-0.2, 0) is 4.79 Å². The van der Waals surface area contributed by atoms with Crippen molar-refractivity contribution in [2.45, 2.75) is 0 Å². The molecule has 0 aliphatic heterocycles. The summed E-state index contributed by atoms with van der Waals surface area (Å²) in [6.45, 7) is 2.00. The number of thiophene rings is 2. The fraction of sp³-hybridized carbons (Fsp3) is 0. The predicted octanol–water partition coefficient (Wildman–Crippen LogP) is 6.92. The van der Waals surface area contributed by atoms with E-state index in [0.29, 0.717) is 0 Å². The predicted molar refractivity (Wildman–Crippen MR) is 107 cm³/mol. The smallest absolute Gasteiger partial charge is 0.123 e. The van der Waals surface area contributed by atoms with E-state index < -0.39 is 0 Å². The summed E-state index contributed by atoms with van der Waals surface area (Å²) in [5, 5.41) is 4.03. The Bertz CT molecular complexity index is 793. The van der Waals surface area contributed by atoms with Gasteiger partial charge in [-0.3, -0.25) is 0 Å². The van der Waals surface area contributed by atoms with Gasteiger partial charge in [0, 0.05) is 9.75 Å². The first-order valence-corrected chi connectivity index (χ1v) is 9.36. The molecule has 0 saturated carbocycles. The molecule has 0 radical (unpaired) electrons. The van der Waals surface area contributed by atoms with Crippen molar-refractivity contribution >= 4 is 29.5 Å². The van der Waals surface area contributed by atoms with Crippen LogP contribution in [0.5, 0.6) is 0 Å². The van der Waals surface area contributed by atoms with Crippen molar-refractivity contribution in [3.63, 3.8) is 0 Å². The minimum absolute atomic E-state index is 0.185. The standard InChI is InChI=1S/2C10H7FS.CH2O/c2*11-9-5-3-8(4-6-9)10-2-1-7-12-10;1-2/h2*1-7H;1H2. The molecule has 2 heterocycles. The molecule has 2 aromatic heterocycles. The van der Waals surface area contributed by atoms with Gasteiger partial charge in [0.05, 0.1) is 0 Å². The molecule has 0 amide bonds. The third-order valence-corrected chi connectivity index (χ3v) is 5.14. The Labute approximate surface area is 159 Å². The molecule has 4 aromatic rings. The number of hydrogen-bond acceptors (Lipinski definition) is 3. The summed E-state index contributed by atoms with van der Waals surface area (Å²) in [5.41, 5.74) is 2.15. The van der Waals surface area contributed by atoms with E-state index >= 15 is 0 Å². The summed E-state index contributed by atoms with van der Waals surface area (Å²) in [5.74, 6) is -0.370. The van der Waals surface area contributed by atoms with Crippen molar-refractivity contribution in [2.24, 2.45) is 0 Å². The third-order valence-electron chi connectivity index (χ3n) is 3.30. The van der Waals surface area contributed by atoms with Crippen LogP contribution in [0, 0.1) is 11.6 Å². The lowest BCUT2D eigenvalue weighted by Crippen LogP contribution is -1.73. The molecule has 0 bridgehead atoms. The molecule has 4 rings (SSSR count). The second-order valence-electron chi connectivity index (χ2n) is 4.97. The van der Waals surface area contributed by atoms with Crippen molar-refractivity contribution in [1.82, 2.24) is 0 Å². The monoisotopic (exact) mass is 386 g/mol. The molecular formula is C21H16F2OS2. The minimum Gasteiger partial charge on any atom is -0.307 e. The van der Waals surface area contributed by atoms with Crippen LogP contribution in [0.25, 0.3) is 20.9 Å². The minimum atomic E-state index is -0.185. The molecule has 2 aromatic carbocycles. The molecule has 0 saturated heterocycles. The number of rotatable bonds is 2. The van der Waals surface area contributed by atoms with Crippen LogP contribution < -0.4 is 0 Å². The molecule has 0 unspecified atom stereocenters. The van der Waals surface area contributed by atoms with Gasteiger partial charge in [0.25, 0.3) is 0 Å². The first kappa shape index (κ1) is 19.7. The lowest BCUT2D eigenvalue weighted by molar-refractivity contribution is -0.0979. The molecule has 5 heteroatoms. The van der Waals surface area contributed by atoms with Crippen molar-refractivity contribution < 1.29 is 13.6 Å². The number of carbonyl (C=O) groups is 1. The van der Waals surface area contributed by atoms with Crippen LogP contribution in [0.3, 0.4) is 0 Å². The van der Waals surface area contributed by atoms with Crippen LogP contribution in [0.15, 0.2) is 83.6 Å². The molecule has 0 spiro atoms. The molecular weight excluding hydrogens is 370 g/mol. The quantitative estimate of drug-likeness (QED) is 0.365. The number of halogens is 2. The van der Waals surface area contributed by atoms with Crippen LogP contribution >= 0.6 is 22.7 Å². The average Bonchev–Trinajstić information content (AvgIpc) is 3.39. The van der Waals surface area contributed by atoms with Gasteiger partial charge in [0.2, 0.25) is 0 Å². The lowest BCUT2D eigenvalue weighted by Gasteiger charge is -1.95. The highest BCUT2D eigenvalue weighted by Gasteiger charge is 1.98. The van der Waals surface area contributed by atoms with Gasteiger partial charge in [-0.2, -0.15) is 0 Å². The highest BCUT2D eigenvalue weighted by Crippen LogP contribution is 2.25. The Morgan fingerprint density at radius 3 is 1.19 bits per heavy atom. The number of benzene rings is 2. The topological polar surface area (TPSA) is 17.1 Å². The van der Waals surface area contributed by atoms with Gasteiger partial charge in [-0.05, 0) is 58.3 Å². The van der Waals surface area contributed by atoms with E-state index in [1.165, 1.54) is 34.0 Å². The Hall–Kier alpha value is -2.63. The van der Waals surface area contributed by atoms with E-state index in [2.05, 4.69) is 0 Å². The van der Waals surface area contributed by atoms with E-state index in [9.17, 15) is 8.78 Å². The second kappa shape index (κ2) is 10.4. The van der Waals surface area contributed by atoms with Gasteiger partial charge < -0.3 is 4.79 Å². The van der Waals surface area contributed by atoms with Crippen LogP contribution in [0.2, 0.25) is 0 Å². The van der Waals surface area contributed by atoms with Crippen molar-refractivity contribution in [3.8, 4) is 20.9 Å². The van der Waals surface area contributed by atoms with Crippen molar-refractivity contribution in [2.75, 3.05) is 0 Å². The van der Waals surface area contributed by atoms with Crippen molar-refractivity contribution in [1.29, 1.82) is 0 Å². The van der Waals surface area contributed by atoms with Gasteiger partial charge >= 0.3 is 0 Å². The van der Waals surface area contributed by atoms with Gasteiger partial charge in [-0.25, -0.2) is 8.78 Å². The van der Waals surface area contributed by atoms with E-state index in [1.807, 2.05) is 41.8 Å². The van der Waals surface area contributed by atoms with Gasteiger partial charge in [-0.15, -0.1) is 22.7 Å². The van der Waals surface area contributed by atoms with Gasteiger partial charge in [-0.1, -0.05) is 36.4 Å². The summed E-state index contributed by atoms with van der Waals surface area (Å²) in [6.07, 6.45) is 0. The molecule has 0 fully saturated rings. The molecule has 0 aliphatic rings. The van der Waals surface area contributed by atoms with E-state index in [0.717, 1.165) is 11.1 Å². The Morgan fingerprint density at radius 1 is 0.577 bits per heavy atom. The number of hydrogen-bond donors (Lipinski definition) is 0. The first-order valence-electron chi connectivity index (χ1n) is 7.60. The Balaban J connectivity index is 0.000000171. The fourth-order valence-corrected chi connectivity index (χ4v) is 3.58. The SMILES string of the molecule is C=O.Fc1ccc(-c2cccs2)cc1.Fc1ccc(-c2cccs2)cc1. The maximum absolute atomic E-state index is 12.5. The molecule has 1 nitrogen and oxygen atoms in total. The average molecular weight is 386 g/mol. The molecule has 0 N–H and O–H groups in total. The third kappa shape index (κ3) is 5.72. The zero-order valence-corrected chi connectivity index (χ0v) is 15.4. The van der Waals surface area contributed by atoms with Crippen LogP contribution in [0.1, 0.15) is 0 Å². The maximum atomic E-state index is 12.5. The maximum Gasteiger partial charge on any atom is 0.123 e. The highest BCUT2D eigenvalue weighted by atomic mass is 32.1. The molecule has 0 aliphatic carbocycles.